The molecule has 0 fully saturated rings. The van der Waals surface area contributed by atoms with Gasteiger partial charge in [-0.05, 0) is 37.5 Å². The molecule has 0 aliphatic heterocycles. The lowest BCUT2D eigenvalue weighted by Crippen LogP contribution is -2.26. The van der Waals surface area contributed by atoms with Crippen molar-refractivity contribution < 1.29 is 22.3 Å². The molecule has 5 nitrogen and oxygen atoms in total. The number of amides is 1. The van der Waals surface area contributed by atoms with Crippen LogP contribution in [0.25, 0.3) is 0 Å². The van der Waals surface area contributed by atoms with E-state index in [4.69, 9.17) is 15.4 Å². The van der Waals surface area contributed by atoms with E-state index >= 15 is 0 Å². The number of carbonyl (C=O) groups excluding carboxylic acids is 1. The van der Waals surface area contributed by atoms with Gasteiger partial charge in [-0.3, -0.25) is 4.79 Å². The van der Waals surface area contributed by atoms with Gasteiger partial charge >= 0.3 is 0 Å². The first-order valence-corrected chi connectivity index (χ1v) is 8.60. The van der Waals surface area contributed by atoms with E-state index in [0.29, 0.717) is 19.6 Å². The number of methoxy groups -OCH3 is 1. The minimum atomic E-state index is -4.02. The lowest BCUT2D eigenvalue weighted by Gasteiger charge is -2.09. The monoisotopic (exact) mass is 337 g/mol. The number of hydrogen-bond acceptors (Lipinski definition) is 4. The predicted molar refractivity (Wildman–Crippen MR) is 77.6 cm³/mol. The smallest absolute Gasteiger partial charge is 0.261 e. The van der Waals surface area contributed by atoms with Crippen molar-refractivity contribution in [3.63, 3.8) is 0 Å². The molecule has 0 unspecified atom stereocenters. The van der Waals surface area contributed by atoms with Crippen LogP contribution in [0.2, 0.25) is 0 Å². The Morgan fingerprint density at radius 3 is 2.62 bits per heavy atom. The molecule has 0 atom stereocenters. The number of nitrogens with one attached hydrogen (secondary N) is 1. The zero-order valence-corrected chi connectivity index (χ0v) is 13.4. The third-order valence-electron chi connectivity index (χ3n) is 2.82. The van der Waals surface area contributed by atoms with Crippen molar-refractivity contribution in [3.05, 3.63) is 29.1 Å². The molecule has 0 bridgehead atoms. The van der Waals surface area contributed by atoms with Crippen molar-refractivity contribution >= 4 is 25.6 Å². The summed E-state index contributed by atoms with van der Waals surface area (Å²) in [7, 11) is 2.78. The Labute approximate surface area is 127 Å². The summed E-state index contributed by atoms with van der Waals surface area (Å²) in [5.41, 5.74) is -0.290. The van der Waals surface area contributed by atoms with Crippen molar-refractivity contribution in [1.82, 2.24) is 5.32 Å². The van der Waals surface area contributed by atoms with E-state index in [1.165, 1.54) is 6.92 Å². The fraction of sp³-hybridized carbons (Fsp3) is 0.462. The van der Waals surface area contributed by atoms with Crippen LogP contribution in [0, 0.1) is 12.7 Å². The Morgan fingerprint density at radius 2 is 2.05 bits per heavy atom. The second-order valence-corrected chi connectivity index (χ2v) is 7.06. The van der Waals surface area contributed by atoms with Crippen LogP contribution in [0.15, 0.2) is 17.0 Å². The molecule has 1 rings (SSSR count). The molecule has 1 amide bonds. The average Bonchev–Trinajstić information content (AvgIpc) is 2.40. The van der Waals surface area contributed by atoms with Gasteiger partial charge in [-0.1, -0.05) is 0 Å². The average molecular weight is 338 g/mol. The van der Waals surface area contributed by atoms with Gasteiger partial charge in [0.15, 0.2) is 0 Å². The van der Waals surface area contributed by atoms with Crippen molar-refractivity contribution in [3.8, 4) is 0 Å². The number of carbonyl (C=O) groups is 1. The molecule has 1 aromatic rings. The topological polar surface area (TPSA) is 72.5 Å². The second kappa shape index (κ2) is 7.72. The van der Waals surface area contributed by atoms with E-state index < -0.39 is 20.8 Å². The summed E-state index contributed by atoms with van der Waals surface area (Å²) in [6.45, 7) is 2.29. The van der Waals surface area contributed by atoms with E-state index in [2.05, 4.69) is 5.32 Å². The minimum absolute atomic E-state index is 0.0428. The quantitative estimate of drug-likeness (QED) is 0.611. The molecule has 1 aromatic carbocycles. The van der Waals surface area contributed by atoms with Crippen LogP contribution in [0.1, 0.15) is 28.8 Å². The van der Waals surface area contributed by atoms with Crippen LogP contribution in [-0.4, -0.2) is 34.6 Å². The van der Waals surface area contributed by atoms with Crippen molar-refractivity contribution in [2.45, 2.75) is 24.7 Å². The van der Waals surface area contributed by atoms with Gasteiger partial charge in [-0.15, -0.1) is 0 Å². The predicted octanol–water partition coefficient (Wildman–Crippen LogP) is 2.22. The molecule has 0 saturated carbocycles. The Hall–Kier alpha value is -1.18. The summed E-state index contributed by atoms with van der Waals surface area (Å²) in [6.07, 6.45) is 1.43. The zero-order chi connectivity index (χ0) is 16.0. The van der Waals surface area contributed by atoms with Crippen LogP contribution in [0.3, 0.4) is 0 Å². The highest BCUT2D eigenvalue weighted by atomic mass is 35.7. The number of benzene rings is 1. The van der Waals surface area contributed by atoms with Gasteiger partial charge in [0.2, 0.25) is 0 Å². The van der Waals surface area contributed by atoms with Gasteiger partial charge in [0, 0.05) is 30.9 Å². The Bertz CT molecular complexity index is 619. The molecular formula is C13H17ClFNO4S. The van der Waals surface area contributed by atoms with E-state index in [1.807, 2.05) is 0 Å². The molecule has 118 valence electrons. The maximum Gasteiger partial charge on any atom is 0.261 e. The number of halogens is 2. The fourth-order valence-electron chi connectivity index (χ4n) is 1.71. The van der Waals surface area contributed by atoms with Gasteiger partial charge < -0.3 is 10.1 Å². The highest BCUT2D eigenvalue weighted by molar-refractivity contribution is 8.13. The van der Waals surface area contributed by atoms with Gasteiger partial charge in [0.25, 0.3) is 15.0 Å². The Morgan fingerprint density at radius 1 is 1.38 bits per heavy atom. The zero-order valence-electron chi connectivity index (χ0n) is 11.8. The standard InChI is InChI=1S/C13H17ClFNO4S/c1-9-7-10(21(14,18)19)8-11(12(9)15)13(17)16-5-3-4-6-20-2/h7-8H,3-6H2,1-2H3,(H,16,17). The summed E-state index contributed by atoms with van der Waals surface area (Å²) >= 11 is 0. The fourth-order valence-corrected chi connectivity index (χ4v) is 2.55. The van der Waals surface area contributed by atoms with E-state index in [0.717, 1.165) is 18.6 Å². The molecule has 0 saturated heterocycles. The molecule has 0 heterocycles. The summed E-state index contributed by atoms with van der Waals surface area (Å²) in [5.74, 6) is -1.43. The number of ether oxygens (including phenoxy) is 1. The molecule has 0 spiro atoms. The van der Waals surface area contributed by atoms with Crippen LogP contribution in [0.5, 0.6) is 0 Å². The van der Waals surface area contributed by atoms with Crippen LogP contribution >= 0.6 is 10.7 Å². The van der Waals surface area contributed by atoms with E-state index in [1.54, 1.807) is 7.11 Å². The lowest BCUT2D eigenvalue weighted by atomic mass is 10.1. The third-order valence-corrected chi connectivity index (χ3v) is 4.15. The van der Waals surface area contributed by atoms with E-state index in [9.17, 15) is 17.6 Å². The SMILES string of the molecule is COCCCCNC(=O)c1cc(S(=O)(=O)Cl)cc(C)c1F. The van der Waals surface area contributed by atoms with Crippen LogP contribution < -0.4 is 5.32 Å². The maximum atomic E-state index is 13.9. The minimum Gasteiger partial charge on any atom is -0.385 e. The first-order valence-electron chi connectivity index (χ1n) is 6.29. The van der Waals surface area contributed by atoms with Crippen LogP contribution in [0.4, 0.5) is 4.39 Å². The number of aryl methyl sites for hydroxylation is 1. The van der Waals surface area contributed by atoms with Gasteiger partial charge in [-0.2, -0.15) is 0 Å². The van der Waals surface area contributed by atoms with E-state index in [-0.39, 0.29) is 16.0 Å². The van der Waals surface area contributed by atoms with Gasteiger partial charge in [-0.25, -0.2) is 12.8 Å². The molecule has 0 aromatic heterocycles. The largest absolute Gasteiger partial charge is 0.385 e. The molecular weight excluding hydrogens is 321 g/mol. The van der Waals surface area contributed by atoms with Crippen molar-refractivity contribution in [1.29, 1.82) is 0 Å². The summed E-state index contributed by atoms with van der Waals surface area (Å²) < 4.78 is 41.4. The molecule has 0 aliphatic rings. The van der Waals surface area contributed by atoms with Crippen LogP contribution in [-0.2, 0) is 13.8 Å². The molecule has 0 aliphatic carbocycles. The maximum absolute atomic E-state index is 13.9. The number of hydrogen-bond donors (Lipinski definition) is 1. The lowest BCUT2D eigenvalue weighted by molar-refractivity contribution is 0.0947. The molecule has 1 N–H and O–H groups in total. The summed E-state index contributed by atoms with van der Waals surface area (Å²) in [4.78, 5) is 11.6. The van der Waals surface area contributed by atoms with Crippen molar-refractivity contribution in [2.24, 2.45) is 0 Å². The highest BCUT2D eigenvalue weighted by Gasteiger charge is 2.19. The highest BCUT2D eigenvalue weighted by Crippen LogP contribution is 2.22. The Balaban J connectivity index is 2.86. The van der Waals surface area contributed by atoms with Gasteiger partial charge in [0.1, 0.15) is 5.82 Å². The normalized spacial score (nSPS) is 11.4. The second-order valence-electron chi connectivity index (χ2n) is 4.50. The summed E-state index contributed by atoms with van der Waals surface area (Å²) in [5, 5.41) is 2.53. The summed E-state index contributed by atoms with van der Waals surface area (Å²) in [6, 6.07) is 2.03. The van der Waals surface area contributed by atoms with Gasteiger partial charge in [0.05, 0.1) is 10.5 Å². The molecule has 21 heavy (non-hydrogen) atoms. The third kappa shape index (κ3) is 5.26. The molecule has 8 heteroatoms. The number of rotatable bonds is 7. The first-order chi connectivity index (χ1) is 9.77. The number of unbranched alkanes of at least 4 members (excludes halogenated alkanes) is 1. The molecule has 0 radical (unpaired) electrons. The van der Waals surface area contributed by atoms with Crippen molar-refractivity contribution in [2.75, 3.05) is 20.3 Å². The first kappa shape index (κ1) is 17.9. The Kier molecular flexibility index (Phi) is 6.57.